The summed E-state index contributed by atoms with van der Waals surface area (Å²) in [6.07, 6.45) is 1.65. The molecule has 1 aliphatic rings. The molecule has 0 spiro atoms. The van der Waals surface area contributed by atoms with Crippen molar-refractivity contribution in [3.05, 3.63) is 35.6 Å². The molecule has 98 valence electrons. The first-order valence-corrected chi connectivity index (χ1v) is 6.29. The molecule has 1 heterocycles. The quantitative estimate of drug-likeness (QED) is 0.897. The smallest absolute Gasteiger partial charge is 0.308 e. The molecule has 1 fully saturated rings. The Balaban J connectivity index is 2.04. The zero-order chi connectivity index (χ0) is 13.1. The van der Waals surface area contributed by atoms with Crippen LogP contribution in [-0.4, -0.2) is 28.6 Å². The molecule has 1 aromatic carbocycles. The molecule has 18 heavy (non-hydrogen) atoms. The van der Waals surface area contributed by atoms with Crippen LogP contribution in [0.5, 0.6) is 0 Å². The Morgan fingerprint density at radius 1 is 1.44 bits per heavy atom. The molecule has 4 heteroatoms. The van der Waals surface area contributed by atoms with Gasteiger partial charge < -0.3 is 5.11 Å². The summed E-state index contributed by atoms with van der Waals surface area (Å²) in [6, 6.07) is 6.43. The van der Waals surface area contributed by atoms with E-state index >= 15 is 0 Å². The lowest BCUT2D eigenvalue weighted by Gasteiger charge is -2.37. The molecule has 1 N–H and O–H groups in total. The third kappa shape index (κ3) is 2.88. The van der Waals surface area contributed by atoms with E-state index in [9.17, 15) is 9.18 Å². The molecule has 1 aliphatic heterocycles. The summed E-state index contributed by atoms with van der Waals surface area (Å²) in [4.78, 5) is 13.3. The van der Waals surface area contributed by atoms with Gasteiger partial charge in [0.25, 0.3) is 0 Å². The fourth-order valence-electron chi connectivity index (χ4n) is 2.59. The zero-order valence-corrected chi connectivity index (χ0v) is 10.5. The highest BCUT2D eigenvalue weighted by Crippen LogP contribution is 2.25. The minimum atomic E-state index is -0.716. The topological polar surface area (TPSA) is 40.5 Å². The lowest BCUT2D eigenvalue weighted by molar-refractivity contribution is -0.145. The largest absolute Gasteiger partial charge is 0.481 e. The van der Waals surface area contributed by atoms with Gasteiger partial charge in [0.1, 0.15) is 5.82 Å². The van der Waals surface area contributed by atoms with E-state index in [2.05, 4.69) is 4.90 Å². The summed E-state index contributed by atoms with van der Waals surface area (Å²) >= 11 is 0. The van der Waals surface area contributed by atoms with Crippen LogP contribution < -0.4 is 0 Å². The molecular formula is C14H18FNO2. The molecule has 0 saturated carbocycles. The van der Waals surface area contributed by atoms with Crippen LogP contribution in [0, 0.1) is 11.7 Å². The van der Waals surface area contributed by atoms with Crippen molar-refractivity contribution in [2.45, 2.75) is 32.4 Å². The number of carbonyl (C=O) groups is 1. The van der Waals surface area contributed by atoms with Gasteiger partial charge >= 0.3 is 5.97 Å². The lowest BCUT2D eigenvalue weighted by atomic mass is 9.90. The third-order valence-electron chi connectivity index (χ3n) is 3.73. The maximum absolute atomic E-state index is 12.8. The highest BCUT2D eigenvalue weighted by atomic mass is 19.1. The van der Waals surface area contributed by atoms with Crippen LogP contribution in [0.3, 0.4) is 0 Å². The molecule has 0 unspecified atom stereocenters. The standard InChI is InChI=1S/C14H18FNO2/c1-10-13(14(17)18)3-2-8-16(10)9-11-4-6-12(15)7-5-11/h4-7,10,13H,2-3,8-9H2,1H3,(H,17,18)/t10-,13-/m1/s1. The number of rotatable bonds is 3. The third-order valence-corrected chi connectivity index (χ3v) is 3.73. The Kier molecular flexibility index (Phi) is 3.97. The van der Waals surface area contributed by atoms with Gasteiger partial charge in [-0.1, -0.05) is 12.1 Å². The Labute approximate surface area is 106 Å². The number of halogens is 1. The van der Waals surface area contributed by atoms with E-state index < -0.39 is 5.97 Å². The molecule has 0 aliphatic carbocycles. The van der Waals surface area contributed by atoms with Crippen LogP contribution >= 0.6 is 0 Å². The van der Waals surface area contributed by atoms with Crippen molar-refractivity contribution in [1.82, 2.24) is 4.90 Å². The van der Waals surface area contributed by atoms with Crippen molar-refractivity contribution >= 4 is 5.97 Å². The van der Waals surface area contributed by atoms with Crippen LogP contribution in [0.1, 0.15) is 25.3 Å². The van der Waals surface area contributed by atoms with Crippen LogP contribution in [0.15, 0.2) is 24.3 Å². The molecule has 2 rings (SSSR count). The van der Waals surface area contributed by atoms with E-state index in [-0.39, 0.29) is 17.8 Å². The van der Waals surface area contributed by atoms with Crippen LogP contribution in [0.4, 0.5) is 4.39 Å². The SMILES string of the molecule is C[C@@H]1[C@H](C(=O)O)CCCN1Cc1ccc(F)cc1. The predicted octanol–water partition coefficient (Wildman–Crippen LogP) is 2.51. The highest BCUT2D eigenvalue weighted by molar-refractivity contribution is 5.70. The molecule has 0 aromatic heterocycles. The Bertz CT molecular complexity index is 418. The van der Waals surface area contributed by atoms with Crippen LogP contribution in [0.2, 0.25) is 0 Å². The van der Waals surface area contributed by atoms with Gasteiger partial charge in [-0.3, -0.25) is 9.69 Å². The van der Waals surface area contributed by atoms with E-state index in [4.69, 9.17) is 5.11 Å². The average Bonchev–Trinajstić information content (AvgIpc) is 2.34. The van der Waals surface area contributed by atoms with E-state index in [1.807, 2.05) is 6.92 Å². The van der Waals surface area contributed by atoms with Gasteiger partial charge in [-0.15, -0.1) is 0 Å². The number of piperidine rings is 1. The number of carboxylic acids is 1. The van der Waals surface area contributed by atoms with E-state index in [0.717, 1.165) is 24.9 Å². The summed E-state index contributed by atoms with van der Waals surface area (Å²) in [7, 11) is 0. The monoisotopic (exact) mass is 251 g/mol. The predicted molar refractivity (Wildman–Crippen MR) is 66.6 cm³/mol. The number of benzene rings is 1. The summed E-state index contributed by atoms with van der Waals surface area (Å²) in [5.41, 5.74) is 1.02. The van der Waals surface area contributed by atoms with E-state index in [1.54, 1.807) is 12.1 Å². The number of likely N-dealkylation sites (tertiary alicyclic amines) is 1. The van der Waals surface area contributed by atoms with E-state index in [0.29, 0.717) is 6.54 Å². The van der Waals surface area contributed by atoms with Crippen molar-refractivity contribution in [2.24, 2.45) is 5.92 Å². The minimum absolute atomic E-state index is 0.0290. The summed E-state index contributed by atoms with van der Waals surface area (Å²) in [5, 5.41) is 9.15. The number of hydrogen-bond donors (Lipinski definition) is 1. The molecule has 0 radical (unpaired) electrons. The normalized spacial score (nSPS) is 25.0. The fraction of sp³-hybridized carbons (Fsp3) is 0.500. The maximum Gasteiger partial charge on any atom is 0.308 e. The van der Waals surface area contributed by atoms with Crippen molar-refractivity contribution in [3.63, 3.8) is 0 Å². The first-order valence-electron chi connectivity index (χ1n) is 6.29. The van der Waals surface area contributed by atoms with Gasteiger partial charge in [-0.05, 0) is 44.0 Å². The number of carboxylic acid groups (broad SMARTS) is 1. The summed E-state index contributed by atoms with van der Waals surface area (Å²) < 4.78 is 12.8. The van der Waals surface area contributed by atoms with Crippen molar-refractivity contribution in [3.8, 4) is 0 Å². The van der Waals surface area contributed by atoms with Crippen molar-refractivity contribution in [1.29, 1.82) is 0 Å². The second kappa shape index (κ2) is 5.48. The number of hydrogen-bond acceptors (Lipinski definition) is 2. The van der Waals surface area contributed by atoms with Crippen LogP contribution in [0.25, 0.3) is 0 Å². The minimum Gasteiger partial charge on any atom is -0.481 e. The second-order valence-corrected chi connectivity index (χ2v) is 4.92. The molecule has 1 aromatic rings. The second-order valence-electron chi connectivity index (χ2n) is 4.92. The van der Waals surface area contributed by atoms with Crippen molar-refractivity contribution in [2.75, 3.05) is 6.54 Å². The summed E-state index contributed by atoms with van der Waals surface area (Å²) in [5.74, 6) is -1.25. The Hall–Kier alpha value is -1.42. The van der Waals surface area contributed by atoms with Gasteiger partial charge in [0.15, 0.2) is 0 Å². The average molecular weight is 251 g/mol. The number of aliphatic carboxylic acids is 1. The number of nitrogens with zero attached hydrogens (tertiary/aromatic N) is 1. The zero-order valence-electron chi connectivity index (χ0n) is 10.5. The Morgan fingerprint density at radius 3 is 2.72 bits per heavy atom. The molecule has 2 atom stereocenters. The Morgan fingerprint density at radius 2 is 2.11 bits per heavy atom. The van der Waals surface area contributed by atoms with Gasteiger partial charge in [0.05, 0.1) is 5.92 Å². The van der Waals surface area contributed by atoms with Gasteiger partial charge in [0, 0.05) is 12.6 Å². The molecule has 0 amide bonds. The molecule has 3 nitrogen and oxygen atoms in total. The van der Waals surface area contributed by atoms with Gasteiger partial charge in [-0.25, -0.2) is 4.39 Å². The fourth-order valence-corrected chi connectivity index (χ4v) is 2.59. The molecule has 0 bridgehead atoms. The van der Waals surface area contributed by atoms with Gasteiger partial charge in [-0.2, -0.15) is 0 Å². The summed E-state index contributed by atoms with van der Waals surface area (Å²) in [6.45, 7) is 3.55. The lowest BCUT2D eigenvalue weighted by Crippen LogP contribution is -2.45. The molecule has 1 saturated heterocycles. The van der Waals surface area contributed by atoms with Crippen molar-refractivity contribution < 1.29 is 14.3 Å². The van der Waals surface area contributed by atoms with Crippen LogP contribution in [-0.2, 0) is 11.3 Å². The highest BCUT2D eigenvalue weighted by Gasteiger charge is 2.32. The molecular weight excluding hydrogens is 233 g/mol. The first kappa shape index (κ1) is 13.0. The van der Waals surface area contributed by atoms with E-state index in [1.165, 1.54) is 12.1 Å². The first-order chi connectivity index (χ1) is 8.58. The maximum atomic E-state index is 12.8. The van der Waals surface area contributed by atoms with Gasteiger partial charge in [0.2, 0.25) is 0 Å².